The lowest BCUT2D eigenvalue weighted by Crippen LogP contribution is -2.32. The summed E-state index contributed by atoms with van der Waals surface area (Å²) < 4.78 is 9.87. The van der Waals surface area contributed by atoms with Crippen molar-refractivity contribution in [3.05, 3.63) is 34.3 Å². The number of carbonyl (C=O) groups is 2. The summed E-state index contributed by atoms with van der Waals surface area (Å²) in [7, 11) is 0. The Balaban J connectivity index is 3.30. The minimum Gasteiger partial charge on any atom is -0.465 e. The predicted octanol–water partition coefficient (Wildman–Crippen LogP) is 3.10. The van der Waals surface area contributed by atoms with Gasteiger partial charge < -0.3 is 9.47 Å². The van der Waals surface area contributed by atoms with Crippen molar-refractivity contribution in [3.63, 3.8) is 0 Å². The lowest BCUT2D eigenvalue weighted by atomic mass is 9.82. The number of carbonyl (C=O) groups excluding carboxylic acids is 2. The topological polar surface area (TPSA) is 52.6 Å². The van der Waals surface area contributed by atoms with E-state index in [4.69, 9.17) is 21.1 Å². The van der Waals surface area contributed by atoms with E-state index in [2.05, 4.69) is 11.8 Å². The fourth-order valence-corrected chi connectivity index (χ4v) is 2.10. The molecule has 0 heterocycles. The predicted molar refractivity (Wildman–Crippen MR) is 84.6 cm³/mol. The first-order valence-electron chi connectivity index (χ1n) is 6.99. The lowest BCUT2D eigenvalue weighted by molar-refractivity contribution is -0.148. The van der Waals surface area contributed by atoms with Crippen molar-refractivity contribution >= 4 is 23.5 Å². The van der Waals surface area contributed by atoms with Crippen LogP contribution in [-0.2, 0) is 24.5 Å². The van der Waals surface area contributed by atoms with Crippen molar-refractivity contribution in [2.45, 2.75) is 33.1 Å². The van der Waals surface area contributed by atoms with Crippen LogP contribution in [0.1, 0.15) is 38.8 Å². The lowest BCUT2D eigenvalue weighted by Gasteiger charge is -2.24. The van der Waals surface area contributed by atoms with Crippen LogP contribution in [0.3, 0.4) is 0 Å². The van der Waals surface area contributed by atoms with E-state index in [1.54, 1.807) is 45.9 Å². The van der Waals surface area contributed by atoms with Crippen molar-refractivity contribution in [2.24, 2.45) is 0 Å². The highest BCUT2D eigenvalue weighted by molar-refractivity contribution is 6.32. The van der Waals surface area contributed by atoms with Crippen LogP contribution in [0.25, 0.3) is 0 Å². The van der Waals surface area contributed by atoms with Gasteiger partial charge in [0.2, 0.25) is 0 Å². The van der Waals surface area contributed by atoms with Gasteiger partial charge in [-0.25, -0.2) is 4.79 Å². The van der Waals surface area contributed by atoms with Crippen LogP contribution in [0.5, 0.6) is 0 Å². The van der Waals surface area contributed by atoms with Crippen LogP contribution in [0.2, 0.25) is 5.02 Å². The average molecular weight is 323 g/mol. The van der Waals surface area contributed by atoms with Gasteiger partial charge in [0.15, 0.2) is 0 Å². The number of rotatable bonds is 4. The molecule has 0 aliphatic rings. The minimum atomic E-state index is -0.931. The molecule has 0 radical (unpaired) electrons. The van der Waals surface area contributed by atoms with Gasteiger partial charge in [0.1, 0.15) is 0 Å². The molecule has 0 unspecified atom stereocenters. The highest BCUT2D eigenvalue weighted by Gasteiger charge is 2.33. The molecule has 1 aromatic rings. The molecule has 0 spiro atoms. The fraction of sp³-hybridized carbons (Fsp3) is 0.412. The number of benzene rings is 1. The molecule has 22 heavy (non-hydrogen) atoms. The second-order valence-electron chi connectivity index (χ2n) is 4.98. The van der Waals surface area contributed by atoms with Gasteiger partial charge in [-0.05, 0) is 39.3 Å². The summed E-state index contributed by atoms with van der Waals surface area (Å²) >= 11 is 6.17. The molecule has 0 amide bonds. The van der Waals surface area contributed by atoms with Crippen molar-refractivity contribution in [2.75, 3.05) is 13.2 Å². The van der Waals surface area contributed by atoms with Gasteiger partial charge in [0.25, 0.3) is 0 Å². The molecular weight excluding hydrogens is 304 g/mol. The number of hydrogen-bond acceptors (Lipinski definition) is 4. The second kappa shape index (κ2) is 7.86. The summed E-state index contributed by atoms with van der Waals surface area (Å²) in [5.41, 5.74) is 0.102. The van der Waals surface area contributed by atoms with E-state index in [-0.39, 0.29) is 19.2 Å². The molecule has 0 aromatic heterocycles. The highest BCUT2D eigenvalue weighted by atomic mass is 35.5. The molecule has 0 bridgehead atoms. The number of hydrogen-bond donors (Lipinski definition) is 0. The van der Waals surface area contributed by atoms with E-state index in [0.717, 1.165) is 0 Å². The summed E-state index contributed by atoms with van der Waals surface area (Å²) in [5.74, 6) is 4.07. The zero-order chi connectivity index (χ0) is 16.8. The molecule has 0 atom stereocenters. The zero-order valence-corrected chi connectivity index (χ0v) is 13.9. The molecule has 4 nitrogen and oxygen atoms in total. The molecule has 0 aliphatic carbocycles. The summed E-state index contributed by atoms with van der Waals surface area (Å²) in [5, 5.41) is 0.367. The van der Waals surface area contributed by atoms with E-state index in [9.17, 15) is 9.59 Å². The molecule has 0 saturated heterocycles. The smallest absolute Gasteiger partial charge is 0.384 e. The maximum atomic E-state index is 12.2. The normalized spacial score (nSPS) is 10.4. The van der Waals surface area contributed by atoms with Gasteiger partial charge in [-0.15, -0.1) is 0 Å². The van der Waals surface area contributed by atoms with Gasteiger partial charge in [0.05, 0.1) is 23.7 Å². The van der Waals surface area contributed by atoms with E-state index in [0.29, 0.717) is 16.1 Å². The monoisotopic (exact) mass is 322 g/mol. The largest absolute Gasteiger partial charge is 0.465 e. The molecule has 0 N–H and O–H groups in total. The van der Waals surface area contributed by atoms with Crippen molar-refractivity contribution in [1.29, 1.82) is 0 Å². The molecular formula is C17H19ClO4. The fourth-order valence-electron chi connectivity index (χ4n) is 1.87. The van der Waals surface area contributed by atoms with E-state index < -0.39 is 11.4 Å². The van der Waals surface area contributed by atoms with E-state index in [1.165, 1.54) is 0 Å². The SMILES string of the molecule is CCOC(=O)C#Cc1c(Cl)cccc1C(C)(C)C(=O)OCC. The zero-order valence-electron chi connectivity index (χ0n) is 13.2. The Hall–Kier alpha value is -1.99. The highest BCUT2D eigenvalue weighted by Crippen LogP contribution is 2.31. The molecule has 0 fully saturated rings. The van der Waals surface area contributed by atoms with Crippen molar-refractivity contribution in [1.82, 2.24) is 0 Å². The Morgan fingerprint density at radius 3 is 2.41 bits per heavy atom. The third-order valence-electron chi connectivity index (χ3n) is 3.04. The van der Waals surface area contributed by atoms with Crippen LogP contribution in [0.4, 0.5) is 0 Å². The maximum absolute atomic E-state index is 12.2. The number of esters is 2. The summed E-state index contributed by atoms with van der Waals surface area (Å²) in [6.07, 6.45) is 0. The molecule has 118 valence electrons. The van der Waals surface area contributed by atoms with Crippen LogP contribution in [-0.4, -0.2) is 25.2 Å². The van der Waals surface area contributed by atoms with Crippen molar-refractivity contribution in [3.8, 4) is 11.8 Å². The third-order valence-corrected chi connectivity index (χ3v) is 3.35. The Labute approximate surface area is 135 Å². The second-order valence-corrected chi connectivity index (χ2v) is 5.39. The van der Waals surface area contributed by atoms with E-state index >= 15 is 0 Å². The average Bonchev–Trinajstić information content (AvgIpc) is 2.46. The third kappa shape index (κ3) is 4.25. The first-order chi connectivity index (χ1) is 10.3. The van der Waals surface area contributed by atoms with Crippen molar-refractivity contribution < 1.29 is 19.1 Å². The van der Waals surface area contributed by atoms with Gasteiger partial charge >= 0.3 is 11.9 Å². The van der Waals surface area contributed by atoms with Gasteiger partial charge in [0, 0.05) is 11.5 Å². The first kappa shape index (κ1) is 18.1. The van der Waals surface area contributed by atoms with Gasteiger partial charge in [-0.1, -0.05) is 29.7 Å². The standard InChI is InChI=1S/C17H19ClO4/c1-5-21-15(19)11-10-12-13(8-7-9-14(12)18)17(3,4)16(20)22-6-2/h7-9H,5-6H2,1-4H3. The molecule has 1 aromatic carbocycles. The first-order valence-corrected chi connectivity index (χ1v) is 7.37. The van der Waals surface area contributed by atoms with Crippen LogP contribution >= 0.6 is 11.6 Å². The molecule has 0 saturated carbocycles. The van der Waals surface area contributed by atoms with Crippen LogP contribution < -0.4 is 0 Å². The van der Waals surface area contributed by atoms with Gasteiger partial charge in [-0.3, -0.25) is 4.79 Å². The Morgan fingerprint density at radius 1 is 1.18 bits per heavy atom. The maximum Gasteiger partial charge on any atom is 0.384 e. The summed E-state index contributed by atoms with van der Waals surface area (Å²) in [6.45, 7) is 7.43. The van der Waals surface area contributed by atoms with Crippen LogP contribution in [0, 0.1) is 11.8 Å². The molecule has 1 rings (SSSR count). The number of ether oxygens (including phenoxy) is 2. The summed E-state index contributed by atoms with van der Waals surface area (Å²) in [6, 6.07) is 5.13. The summed E-state index contributed by atoms with van der Waals surface area (Å²) in [4.78, 5) is 23.6. The van der Waals surface area contributed by atoms with Gasteiger partial charge in [-0.2, -0.15) is 0 Å². The molecule has 0 aliphatic heterocycles. The Kier molecular flexibility index (Phi) is 6.45. The number of halogens is 1. The molecule has 5 heteroatoms. The van der Waals surface area contributed by atoms with Crippen LogP contribution in [0.15, 0.2) is 18.2 Å². The minimum absolute atomic E-state index is 0.247. The Bertz CT molecular complexity index is 623. The van der Waals surface area contributed by atoms with E-state index in [1.807, 2.05) is 0 Å². The quantitative estimate of drug-likeness (QED) is 0.631. The Morgan fingerprint density at radius 2 is 1.82 bits per heavy atom.